The fraction of sp³-hybridized carbons (Fsp3) is 0.133. The van der Waals surface area contributed by atoms with E-state index in [2.05, 4.69) is 20.4 Å². The normalized spacial score (nSPS) is 11.1. The first-order valence-electron chi connectivity index (χ1n) is 6.80. The summed E-state index contributed by atoms with van der Waals surface area (Å²) in [5.41, 5.74) is 2.69. The number of anilines is 1. The molecule has 0 saturated carbocycles. The van der Waals surface area contributed by atoms with Gasteiger partial charge in [-0.05, 0) is 18.2 Å². The number of fused-ring (bicyclic) bond motifs is 1. The molecule has 4 rings (SSSR count). The Hall–Kier alpha value is -2.67. The first kappa shape index (κ1) is 13.0. The third kappa shape index (κ3) is 2.35. The Morgan fingerprint density at radius 2 is 2.27 bits per heavy atom. The molecule has 0 aromatic carbocycles. The molecular weight excluding hydrogens is 298 g/mol. The van der Waals surface area contributed by atoms with Gasteiger partial charge in [-0.3, -0.25) is 4.68 Å². The standard InChI is InChI=1S/C15H13N5OS/c1-20-6-3-12(19-20)15-18-10(9-22-15)8-17-14-11-4-7-21-13(11)2-5-16-14/h2-7,9H,8H2,1H3,(H,16,17). The number of nitrogens with zero attached hydrogens (tertiary/aromatic N) is 4. The van der Waals surface area contributed by atoms with E-state index < -0.39 is 0 Å². The van der Waals surface area contributed by atoms with Crippen LogP contribution in [0.1, 0.15) is 5.69 Å². The summed E-state index contributed by atoms with van der Waals surface area (Å²) in [6, 6.07) is 5.72. The smallest absolute Gasteiger partial charge is 0.144 e. The highest BCUT2D eigenvalue weighted by molar-refractivity contribution is 7.13. The fourth-order valence-corrected chi connectivity index (χ4v) is 3.03. The van der Waals surface area contributed by atoms with Crippen LogP contribution in [0.2, 0.25) is 0 Å². The van der Waals surface area contributed by atoms with Gasteiger partial charge >= 0.3 is 0 Å². The van der Waals surface area contributed by atoms with Crippen LogP contribution < -0.4 is 5.32 Å². The van der Waals surface area contributed by atoms with E-state index in [0.29, 0.717) is 6.54 Å². The lowest BCUT2D eigenvalue weighted by Crippen LogP contribution is -2.01. The van der Waals surface area contributed by atoms with Gasteiger partial charge in [-0.1, -0.05) is 0 Å². The van der Waals surface area contributed by atoms with Gasteiger partial charge in [0.1, 0.15) is 22.1 Å². The Balaban J connectivity index is 1.52. The number of hydrogen-bond acceptors (Lipinski definition) is 6. The predicted octanol–water partition coefficient (Wildman–Crippen LogP) is 3.30. The lowest BCUT2D eigenvalue weighted by atomic mass is 10.3. The summed E-state index contributed by atoms with van der Waals surface area (Å²) < 4.78 is 7.15. The highest BCUT2D eigenvalue weighted by atomic mass is 32.1. The van der Waals surface area contributed by atoms with Gasteiger partial charge in [-0.2, -0.15) is 5.10 Å². The van der Waals surface area contributed by atoms with Crippen LogP contribution >= 0.6 is 11.3 Å². The SMILES string of the molecule is Cn1ccc(-c2nc(CNc3nccc4occc34)cs2)n1. The van der Waals surface area contributed by atoms with E-state index in [9.17, 15) is 0 Å². The van der Waals surface area contributed by atoms with Gasteiger partial charge in [0.05, 0.1) is 23.9 Å². The second-order valence-electron chi connectivity index (χ2n) is 4.86. The number of rotatable bonds is 4. The van der Waals surface area contributed by atoms with E-state index in [1.165, 1.54) is 0 Å². The fourth-order valence-electron chi connectivity index (χ4n) is 2.24. The molecule has 0 spiro atoms. The molecule has 4 heterocycles. The van der Waals surface area contributed by atoms with Crippen LogP contribution in [0.15, 0.2) is 46.7 Å². The minimum Gasteiger partial charge on any atom is -0.464 e. The maximum atomic E-state index is 5.37. The summed E-state index contributed by atoms with van der Waals surface area (Å²) >= 11 is 1.59. The molecule has 0 bridgehead atoms. The van der Waals surface area contributed by atoms with Crippen LogP contribution in [0.3, 0.4) is 0 Å². The molecule has 0 aliphatic rings. The van der Waals surface area contributed by atoms with Crippen molar-refractivity contribution in [3.8, 4) is 10.7 Å². The molecule has 1 N–H and O–H groups in total. The number of hydrogen-bond donors (Lipinski definition) is 1. The maximum Gasteiger partial charge on any atom is 0.144 e. The minimum absolute atomic E-state index is 0.612. The lowest BCUT2D eigenvalue weighted by molar-refractivity contribution is 0.615. The summed E-state index contributed by atoms with van der Waals surface area (Å²) in [6.45, 7) is 0.612. The predicted molar refractivity (Wildman–Crippen MR) is 85.7 cm³/mol. The van der Waals surface area contributed by atoms with E-state index >= 15 is 0 Å². The Morgan fingerprint density at radius 1 is 1.32 bits per heavy atom. The minimum atomic E-state index is 0.612. The second-order valence-corrected chi connectivity index (χ2v) is 5.72. The number of nitrogens with one attached hydrogen (secondary N) is 1. The molecule has 4 aromatic heterocycles. The van der Waals surface area contributed by atoms with Crippen molar-refractivity contribution in [2.24, 2.45) is 7.05 Å². The van der Waals surface area contributed by atoms with Crippen LogP contribution in [0.4, 0.5) is 5.82 Å². The van der Waals surface area contributed by atoms with E-state index in [4.69, 9.17) is 4.42 Å². The summed E-state index contributed by atoms with van der Waals surface area (Å²) in [6.07, 6.45) is 5.31. The van der Waals surface area contributed by atoms with Crippen molar-refractivity contribution in [3.05, 3.63) is 47.9 Å². The van der Waals surface area contributed by atoms with Gasteiger partial charge in [0.25, 0.3) is 0 Å². The van der Waals surface area contributed by atoms with Crippen molar-refractivity contribution in [3.63, 3.8) is 0 Å². The quantitative estimate of drug-likeness (QED) is 0.626. The van der Waals surface area contributed by atoms with Crippen LogP contribution in [0.5, 0.6) is 0 Å². The molecule has 0 fully saturated rings. The molecule has 6 nitrogen and oxygen atoms in total. The Morgan fingerprint density at radius 3 is 3.14 bits per heavy atom. The van der Waals surface area contributed by atoms with Crippen LogP contribution in [-0.2, 0) is 13.6 Å². The molecule has 0 saturated heterocycles. The Kier molecular flexibility index (Phi) is 3.12. The second kappa shape index (κ2) is 5.27. The summed E-state index contributed by atoms with van der Waals surface area (Å²) in [5.74, 6) is 0.804. The number of furan rings is 1. The van der Waals surface area contributed by atoms with Gasteiger partial charge in [0.2, 0.25) is 0 Å². The molecule has 110 valence electrons. The molecule has 0 aliphatic carbocycles. The average molecular weight is 311 g/mol. The van der Waals surface area contributed by atoms with Crippen molar-refractivity contribution in [1.29, 1.82) is 0 Å². The van der Waals surface area contributed by atoms with E-state index in [1.54, 1.807) is 28.5 Å². The highest BCUT2D eigenvalue weighted by Gasteiger charge is 2.09. The van der Waals surface area contributed by atoms with E-state index in [1.807, 2.05) is 36.8 Å². The lowest BCUT2D eigenvalue weighted by Gasteiger charge is -2.03. The van der Waals surface area contributed by atoms with Gasteiger partial charge in [-0.15, -0.1) is 11.3 Å². The van der Waals surface area contributed by atoms with Crippen molar-refractivity contribution < 1.29 is 4.42 Å². The van der Waals surface area contributed by atoms with Crippen molar-refractivity contribution in [2.45, 2.75) is 6.54 Å². The zero-order chi connectivity index (χ0) is 14.9. The number of aryl methyl sites for hydroxylation is 1. The van der Waals surface area contributed by atoms with Crippen LogP contribution in [0, 0.1) is 0 Å². The van der Waals surface area contributed by atoms with Crippen molar-refractivity contribution in [2.75, 3.05) is 5.32 Å². The molecule has 0 amide bonds. The third-order valence-electron chi connectivity index (χ3n) is 3.30. The topological polar surface area (TPSA) is 68.8 Å². The molecule has 0 atom stereocenters. The monoisotopic (exact) mass is 311 g/mol. The van der Waals surface area contributed by atoms with Gasteiger partial charge in [-0.25, -0.2) is 9.97 Å². The van der Waals surface area contributed by atoms with Gasteiger partial charge < -0.3 is 9.73 Å². The van der Waals surface area contributed by atoms with Crippen molar-refractivity contribution >= 4 is 28.1 Å². The van der Waals surface area contributed by atoms with Crippen LogP contribution in [0.25, 0.3) is 21.7 Å². The molecule has 22 heavy (non-hydrogen) atoms. The largest absolute Gasteiger partial charge is 0.464 e. The maximum absolute atomic E-state index is 5.37. The average Bonchev–Trinajstić information content (AvgIpc) is 3.24. The zero-order valence-corrected chi connectivity index (χ0v) is 12.7. The molecule has 0 unspecified atom stereocenters. The number of pyridine rings is 1. The Bertz CT molecular complexity index is 923. The first-order valence-corrected chi connectivity index (χ1v) is 7.68. The van der Waals surface area contributed by atoms with Gasteiger partial charge in [0.15, 0.2) is 0 Å². The summed E-state index contributed by atoms with van der Waals surface area (Å²) in [4.78, 5) is 8.96. The number of thiazole rings is 1. The molecule has 0 aliphatic heterocycles. The van der Waals surface area contributed by atoms with E-state index in [-0.39, 0.29) is 0 Å². The van der Waals surface area contributed by atoms with Crippen LogP contribution in [-0.4, -0.2) is 19.7 Å². The van der Waals surface area contributed by atoms with E-state index in [0.717, 1.165) is 33.2 Å². The highest BCUT2D eigenvalue weighted by Crippen LogP contribution is 2.24. The first-order chi connectivity index (χ1) is 10.8. The number of aromatic nitrogens is 4. The molecule has 4 aromatic rings. The summed E-state index contributed by atoms with van der Waals surface area (Å²) in [7, 11) is 1.90. The molecular formula is C15H13N5OS. The van der Waals surface area contributed by atoms with Crippen molar-refractivity contribution in [1.82, 2.24) is 19.7 Å². The molecule has 7 heteroatoms. The third-order valence-corrected chi connectivity index (χ3v) is 4.21. The zero-order valence-electron chi connectivity index (χ0n) is 11.9. The summed E-state index contributed by atoms with van der Waals surface area (Å²) in [5, 5.41) is 11.6. The Labute approximate surface area is 130 Å². The molecule has 0 radical (unpaired) electrons. The van der Waals surface area contributed by atoms with Gasteiger partial charge in [0, 0.05) is 24.8 Å².